The van der Waals surface area contributed by atoms with Gasteiger partial charge in [-0.3, -0.25) is 9.48 Å². The Balaban J connectivity index is 0.00000243. The molecule has 1 aromatic heterocycles. The Kier molecular flexibility index (Phi) is 7.41. The van der Waals surface area contributed by atoms with Crippen molar-refractivity contribution in [1.82, 2.24) is 20.4 Å². The fourth-order valence-electron chi connectivity index (χ4n) is 3.00. The lowest BCUT2D eigenvalue weighted by molar-refractivity contribution is 0.0947. The van der Waals surface area contributed by atoms with E-state index in [0.29, 0.717) is 24.7 Å². The minimum absolute atomic E-state index is 0. The van der Waals surface area contributed by atoms with Crippen LogP contribution in [0.2, 0.25) is 0 Å². The Bertz CT molecular complexity index is 732. The van der Waals surface area contributed by atoms with Crippen LogP contribution in [0.3, 0.4) is 0 Å². The van der Waals surface area contributed by atoms with Gasteiger partial charge in [-0.2, -0.15) is 5.10 Å². The van der Waals surface area contributed by atoms with Crippen LogP contribution in [-0.4, -0.2) is 42.4 Å². The van der Waals surface area contributed by atoms with Gasteiger partial charge in [-0.25, -0.2) is 4.39 Å². The summed E-state index contributed by atoms with van der Waals surface area (Å²) < 4.78 is 20.4. The third kappa shape index (κ3) is 4.95. The number of nitrogens with zero attached hydrogens (tertiary/aromatic N) is 2. The van der Waals surface area contributed by atoms with Crippen LogP contribution in [0.15, 0.2) is 30.5 Å². The molecule has 1 aliphatic rings. The molecule has 1 saturated heterocycles. The number of piperidine rings is 1. The van der Waals surface area contributed by atoms with Crippen molar-refractivity contribution in [1.29, 1.82) is 0 Å². The highest BCUT2D eigenvalue weighted by Gasteiger charge is 2.17. The summed E-state index contributed by atoms with van der Waals surface area (Å²) in [6, 6.07) is 6.84. The Morgan fingerprint density at radius 1 is 1.46 bits per heavy atom. The van der Waals surface area contributed by atoms with Crippen LogP contribution < -0.4 is 15.4 Å². The zero-order valence-corrected chi connectivity index (χ0v) is 15.5. The predicted molar refractivity (Wildman–Crippen MR) is 99.6 cm³/mol. The number of benzene rings is 1. The van der Waals surface area contributed by atoms with E-state index in [-0.39, 0.29) is 24.1 Å². The summed E-state index contributed by atoms with van der Waals surface area (Å²) >= 11 is 0. The first kappa shape index (κ1) is 20.2. The standard InChI is InChI=1S/C18H23FN4O2.ClH/c1-25-17-5-4-13(11-15(17)19)6-9-21-18(24)16-7-10-23(22-16)14-3-2-8-20-12-14;/h4-5,7,10-11,14,20H,2-3,6,8-9,12H2,1H3,(H,21,24);1H. The number of amides is 1. The Morgan fingerprint density at radius 2 is 2.31 bits per heavy atom. The van der Waals surface area contributed by atoms with Gasteiger partial charge in [-0.15, -0.1) is 12.4 Å². The van der Waals surface area contributed by atoms with Crippen LogP contribution in [0.5, 0.6) is 5.75 Å². The third-order valence-electron chi connectivity index (χ3n) is 4.40. The first-order valence-electron chi connectivity index (χ1n) is 8.54. The minimum atomic E-state index is -0.397. The van der Waals surface area contributed by atoms with E-state index in [1.165, 1.54) is 13.2 Å². The van der Waals surface area contributed by atoms with E-state index in [9.17, 15) is 9.18 Å². The summed E-state index contributed by atoms with van der Waals surface area (Å²) in [5.74, 6) is -0.391. The lowest BCUT2D eigenvalue weighted by Crippen LogP contribution is -2.32. The molecule has 1 fully saturated rings. The first-order chi connectivity index (χ1) is 12.2. The molecule has 2 heterocycles. The van der Waals surface area contributed by atoms with Gasteiger partial charge in [0.1, 0.15) is 5.69 Å². The van der Waals surface area contributed by atoms with E-state index in [1.807, 2.05) is 10.9 Å². The predicted octanol–water partition coefficient (Wildman–Crippen LogP) is 2.35. The first-order valence-corrected chi connectivity index (χ1v) is 8.54. The molecule has 0 spiro atoms. The highest BCUT2D eigenvalue weighted by molar-refractivity contribution is 5.92. The SMILES string of the molecule is COc1ccc(CCNC(=O)c2ccn(C3CCCNC3)n2)cc1F.Cl. The Labute approximate surface area is 158 Å². The molecule has 0 saturated carbocycles. The van der Waals surface area contributed by atoms with E-state index >= 15 is 0 Å². The molecule has 1 aromatic carbocycles. The minimum Gasteiger partial charge on any atom is -0.494 e. The van der Waals surface area contributed by atoms with E-state index in [0.717, 1.165) is 31.5 Å². The topological polar surface area (TPSA) is 68.2 Å². The van der Waals surface area contributed by atoms with Crippen molar-refractivity contribution >= 4 is 18.3 Å². The normalized spacial score (nSPS) is 16.6. The number of ether oxygens (including phenoxy) is 1. The maximum absolute atomic E-state index is 13.7. The second-order valence-corrected chi connectivity index (χ2v) is 6.16. The second-order valence-electron chi connectivity index (χ2n) is 6.16. The van der Waals surface area contributed by atoms with Crippen molar-refractivity contribution < 1.29 is 13.9 Å². The quantitative estimate of drug-likeness (QED) is 0.804. The van der Waals surface area contributed by atoms with Gasteiger partial charge in [0, 0.05) is 19.3 Å². The van der Waals surface area contributed by atoms with Crippen molar-refractivity contribution in [2.75, 3.05) is 26.7 Å². The summed E-state index contributed by atoms with van der Waals surface area (Å²) in [7, 11) is 1.43. The van der Waals surface area contributed by atoms with Gasteiger partial charge in [-0.05, 0) is 49.6 Å². The van der Waals surface area contributed by atoms with Crippen molar-refractivity contribution in [2.45, 2.75) is 25.3 Å². The number of methoxy groups -OCH3 is 1. The maximum atomic E-state index is 13.7. The molecule has 26 heavy (non-hydrogen) atoms. The Morgan fingerprint density at radius 3 is 3.00 bits per heavy atom. The van der Waals surface area contributed by atoms with Crippen LogP contribution in [0, 0.1) is 5.82 Å². The van der Waals surface area contributed by atoms with E-state index in [4.69, 9.17) is 4.74 Å². The third-order valence-corrected chi connectivity index (χ3v) is 4.40. The summed E-state index contributed by atoms with van der Waals surface area (Å²) in [6.45, 7) is 2.34. The summed E-state index contributed by atoms with van der Waals surface area (Å²) in [5.41, 5.74) is 1.21. The highest BCUT2D eigenvalue weighted by atomic mass is 35.5. The average Bonchev–Trinajstić information content (AvgIpc) is 3.13. The zero-order chi connectivity index (χ0) is 17.6. The fraction of sp³-hybridized carbons (Fsp3) is 0.444. The number of carbonyl (C=O) groups is 1. The molecular formula is C18H24ClFN4O2. The molecule has 0 radical (unpaired) electrons. The van der Waals surface area contributed by atoms with Crippen LogP contribution in [0.1, 0.15) is 34.9 Å². The lowest BCUT2D eigenvalue weighted by atomic mass is 10.1. The van der Waals surface area contributed by atoms with Crippen LogP contribution >= 0.6 is 12.4 Å². The van der Waals surface area contributed by atoms with Gasteiger partial charge in [0.15, 0.2) is 11.6 Å². The molecule has 142 valence electrons. The van der Waals surface area contributed by atoms with E-state index < -0.39 is 5.82 Å². The van der Waals surface area contributed by atoms with Crippen LogP contribution in [0.4, 0.5) is 4.39 Å². The molecule has 3 rings (SSSR count). The number of carbonyl (C=O) groups excluding carboxylic acids is 1. The highest BCUT2D eigenvalue weighted by Crippen LogP contribution is 2.18. The summed E-state index contributed by atoms with van der Waals surface area (Å²) in [4.78, 5) is 12.2. The smallest absolute Gasteiger partial charge is 0.271 e. The number of rotatable bonds is 6. The second kappa shape index (κ2) is 9.54. The molecule has 0 bridgehead atoms. The molecule has 2 N–H and O–H groups in total. The molecule has 1 amide bonds. The maximum Gasteiger partial charge on any atom is 0.271 e. The van der Waals surface area contributed by atoms with Crippen molar-refractivity contribution in [2.24, 2.45) is 0 Å². The average molecular weight is 383 g/mol. The van der Waals surface area contributed by atoms with Gasteiger partial charge >= 0.3 is 0 Å². The zero-order valence-electron chi connectivity index (χ0n) is 14.7. The molecule has 1 atom stereocenters. The van der Waals surface area contributed by atoms with Crippen molar-refractivity contribution in [3.8, 4) is 5.75 Å². The van der Waals surface area contributed by atoms with Crippen molar-refractivity contribution in [3.63, 3.8) is 0 Å². The molecule has 1 unspecified atom stereocenters. The van der Waals surface area contributed by atoms with Gasteiger partial charge in [0.2, 0.25) is 0 Å². The van der Waals surface area contributed by atoms with E-state index in [2.05, 4.69) is 15.7 Å². The summed E-state index contributed by atoms with van der Waals surface area (Å²) in [5, 5.41) is 10.5. The molecular weight excluding hydrogens is 359 g/mol. The number of nitrogens with one attached hydrogen (secondary N) is 2. The number of hydrogen-bond donors (Lipinski definition) is 2. The molecule has 1 aliphatic heterocycles. The summed E-state index contributed by atoms with van der Waals surface area (Å²) in [6.07, 6.45) is 4.58. The number of halogens is 2. The number of aromatic nitrogens is 2. The Hall–Kier alpha value is -2.12. The number of hydrogen-bond acceptors (Lipinski definition) is 4. The van der Waals surface area contributed by atoms with E-state index in [1.54, 1.807) is 18.2 Å². The molecule has 8 heteroatoms. The van der Waals surface area contributed by atoms with Crippen LogP contribution in [0.25, 0.3) is 0 Å². The van der Waals surface area contributed by atoms with Crippen molar-refractivity contribution in [3.05, 3.63) is 47.5 Å². The largest absolute Gasteiger partial charge is 0.494 e. The van der Waals surface area contributed by atoms with Gasteiger partial charge in [0.05, 0.1) is 13.2 Å². The lowest BCUT2D eigenvalue weighted by Gasteiger charge is -2.22. The molecule has 6 nitrogen and oxygen atoms in total. The molecule has 0 aliphatic carbocycles. The van der Waals surface area contributed by atoms with Gasteiger partial charge < -0.3 is 15.4 Å². The van der Waals surface area contributed by atoms with Gasteiger partial charge in [-0.1, -0.05) is 6.07 Å². The monoisotopic (exact) mass is 382 g/mol. The van der Waals surface area contributed by atoms with Crippen LogP contribution in [-0.2, 0) is 6.42 Å². The van der Waals surface area contributed by atoms with Gasteiger partial charge in [0.25, 0.3) is 5.91 Å². The fourth-order valence-corrected chi connectivity index (χ4v) is 3.00. The molecule has 2 aromatic rings.